The molecule has 0 radical (unpaired) electrons. The first kappa shape index (κ1) is 17.6. The van der Waals surface area contributed by atoms with Gasteiger partial charge in [0.15, 0.2) is 0 Å². The van der Waals surface area contributed by atoms with Crippen LogP contribution in [0.3, 0.4) is 0 Å². The summed E-state index contributed by atoms with van der Waals surface area (Å²) in [6, 6.07) is 10.0. The van der Waals surface area contributed by atoms with Crippen LogP contribution in [-0.4, -0.2) is 31.9 Å². The highest BCUT2D eigenvalue weighted by molar-refractivity contribution is 7.99. The van der Waals surface area contributed by atoms with Crippen LogP contribution < -0.4 is 5.32 Å². The first-order chi connectivity index (χ1) is 12.1. The maximum absolute atomic E-state index is 12.2. The van der Waals surface area contributed by atoms with Crippen molar-refractivity contribution in [3.05, 3.63) is 51.7 Å². The summed E-state index contributed by atoms with van der Waals surface area (Å²) in [5.74, 6) is 0.224. The number of amides is 1. The normalized spacial score (nSPS) is 12.1. The van der Waals surface area contributed by atoms with Gasteiger partial charge in [0.2, 0.25) is 11.1 Å². The third-order valence-corrected chi connectivity index (χ3v) is 5.90. The van der Waals surface area contributed by atoms with Crippen LogP contribution in [0.15, 0.2) is 40.9 Å². The van der Waals surface area contributed by atoms with Crippen molar-refractivity contribution in [2.45, 2.75) is 32.0 Å². The van der Waals surface area contributed by atoms with Gasteiger partial charge in [0.25, 0.3) is 0 Å². The SMILES string of the molecule is Cc1cccc(-n2nnnc2SCC(=O)NC(C)c2cccs2)c1C. The van der Waals surface area contributed by atoms with Gasteiger partial charge in [0.1, 0.15) is 0 Å². The van der Waals surface area contributed by atoms with Crippen molar-refractivity contribution in [3.63, 3.8) is 0 Å². The molecule has 8 heteroatoms. The molecule has 1 unspecified atom stereocenters. The van der Waals surface area contributed by atoms with Crippen molar-refractivity contribution >= 4 is 29.0 Å². The number of nitrogens with one attached hydrogen (secondary N) is 1. The summed E-state index contributed by atoms with van der Waals surface area (Å²) >= 11 is 2.96. The number of hydrogen-bond acceptors (Lipinski definition) is 6. The Morgan fingerprint density at radius 2 is 2.16 bits per heavy atom. The van der Waals surface area contributed by atoms with Gasteiger partial charge in [-0.2, -0.15) is 4.68 Å². The molecule has 1 amide bonds. The standard InChI is InChI=1S/C17H19N5OS2/c1-11-6-4-7-14(12(11)2)22-17(19-20-21-22)25-10-16(23)18-13(3)15-8-5-9-24-15/h4-9,13H,10H2,1-3H3,(H,18,23). The van der Waals surface area contributed by atoms with E-state index in [2.05, 4.69) is 33.8 Å². The fourth-order valence-electron chi connectivity index (χ4n) is 2.41. The van der Waals surface area contributed by atoms with E-state index in [9.17, 15) is 4.79 Å². The van der Waals surface area contributed by atoms with Gasteiger partial charge >= 0.3 is 0 Å². The van der Waals surface area contributed by atoms with Gasteiger partial charge < -0.3 is 5.32 Å². The highest BCUT2D eigenvalue weighted by Gasteiger charge is 2.15. The minimum absolute atomic E-state index is 0.00288. The second-order valence-corrected chi connectivity index (χ2v) is 7.61. The van der Waals surface area contributed by atoms with E-state index in [-0.39, 0.29) is 17.7 Å². The molecule has 1 atom stereocenters. The smallest absolute Gasteiger partial charge is 0.230 e. The molecule has 2 aromatic heterocycles. The molecule has 0 spiro atoms. The summed E-state index contributed by atoms with van der Waals surface area (Å²) in [6.07, 6.45) is 0. The van der Waals surface area contributed by atoms with Gasteiger partial charge in [-0.1, -0.05) is 30.0 Å². The molecule has 2 heterocycles. The van der Waals surface area contributed by atoms with Crippen molar-refractivity contribution in [2.75, 3.05) is 5.75 Å². The monoisotopic (exact) mass is 373 g/mol. The van der Waals surface area contributed by atoms with Crippen molar-refractivity contribution in [3.8, 4) is 5.69 Å². The van der Waals surface area contributed by atoms with E-state index < -0.39 is 0 Å². The molecule has 130 valence electrons. The highest BCUT2D eigenvalue weighted by Crippen LogP contribution is 2.23. The zero-order chi connectivity index (χ0) is 17.8. The van der Waals surface area contributed by atoms with Gasteiger partial charge in [0, 0.05) is 4.88 Å². The molecule has 0 saturated heterocycles. The third kappa shape index (κ3) is 4.08. The summed E-state index contributed by atoms with van der Waals surface area (Å²) in [6.45, 7) is 6.07. The quantitative estimate of drug-likeness (QED) is 0.671. The maximum atomic E-state index is 12.2. The van der Waals surface area contributed by atoms with Crippen LogP contribution in [0.2, 0.25) is 0 Å². The summed E-state index contributed by atoms with van der Waals surface area (Å²) < 4.78 is 1.68. The largest absolute Gasteiger partial charge is 0.348 e. The number of nitrogens with zero attached hydrogens (tertiary/aromatic N) is 4. The average molecular weight is 374 g/mol. The lowest BCUT2D eigenvalue weighted by Gasteiger charge is -2.12. The van der Waals surface area contributed by atoms with Gasteiger partial charge in [-0.05, 0) is 59.8 Å². The Morgan fingerprint density at radius 1 is 1.32 bits per heavy atom. The van der Waals surface area contributed by atoms with Crippen LogP contribution in [0.25, 0.3) is 5.69 Å². The van der Waals surface area contributed by atoms with Crippen molar-refractivity contribution in [1.82, 2.24) is 25.5 Å². The molecule has 6 nitrogen and oxygen atoms in total. The molecule has 3 rings (SSSR count). The van der Waals surface area contributed by atoms with E-state index in [4.69, 9.17) is 0 Å². The minimum atomic E-state index is -0.0404. The second-order valence-electron chi connectivity index (χ2n) is 5.69. The zero-order valence-corrected chi connectivity index (χ0v) is 15.9. The lowest BCUT2D eigenvalue weighted by molar-refractivity contribution is -0.119. The molecule has 1 N–H and O–H groups in total. The Labute approximate surface area is 154 Å². The number of hydrogen-bond donors (Lipinski definition) is 1. The summed E-state index contributed by atoms with van der Waals surface area (Å²) in [5, 5.41) is 17.5. The van der Waals surface area contributed by atoms with Crippen LogP contribution in [0.4, 0.5) is 0 Å². The van der Waals surface area contributed by atoms with Gasteiger partial charge in [-0.15, -0.1) is 16.4 Å². The van der Waals surface area contributed by atoms with Gasteiger partial charge in [-0.3, -0.25) is 4.79 Å². The molecule has 0 saturated carbocycles. The zero-order valence-electron chi connectivity index (χ0n) is 14.3. The Morgan fingerprint density at radius 3 is 2.92 bits per heavy atom. The molecular weight excluding hydrogens is 354 g/mol. The van der Waals surface area contributed by atoms with Crippen molar-refractivity contribution in [2.24, 2.45) is 0 Å². The Kier molecular flexibility index (Phi) is 5.50. The molecule has 0 aliphatic carbocycles. The topological polar surface area (TPSA) is 72.7 Å². The Bertz CT molecular complexity index is 860. The number of carbonyl (C=O) groups is 1. The fourth-order valence-corrected chi connectivity index (χ4v) is 3.84. The summed E-state index contributed by atoms with van der Waals surface area (Å²) in [5.41, 5.74) is 3.22. The van der Waals surface area contributed by atoms with Crippen molar-refractivity contribution < 1.29 is 4.79 Å². The molecular formula is C17H19N5OS2. The average Bonchev–Trinajstić information content (AvgIpc) is 3.27. The minimum Gasteiger partial charge on any atom is -0.348 e. The van der Waals surface area contributed by atoms with Crippen LogP contribution in [0.1, 0.15) is 29.0 Å². The molecule has 25 heavy (non-hydrogen) atoms. The Hall–Kier alpha value is -2.19. The van der Waals surface area contributed by atoms with Crippen LogP contribution >= 0.6 is 23.1 Å². The molecule has 3 aromatic rings. The second kappa shape index (κ2) is 7.79. The van der Waals surface area contributed by atoms with E-state index in [1.807, 2.05) is 43.5 Å². The number of carbonyl (C=O) groups excluding carboxylic acids is 1. The van der Waals surface area contributed by atoms with Crippen LogP contribution in [0, 0.1) is 13.8 Å². The molecule has 0 aliphatic rings. The van der Waals surface area contributed by atoms with E-state index in [0.717, 1.165) is 16.1 Å². The molecule has 1 aromatic carbocycles. The van der Waals surface area contributed by atoms with Crippen LogP contribution in [0.5, 0.6) is 0 Å². The molecule has 0 bridgehead atoms. The van der Waals surface area contributed by atoms with E-state index in [0.29, 0.717) is 5.16 Å². The lowest BCUT2D eigenvalue weighted by Crippen LogP contribution is -2.27. The third-order valence-electron chi connectivity index (χ3n) is 3.92. The van der Waals surface area contributed by atoms with E-state index >= 15 is 0 Å². The summed E-state index contributed by atoms with van der Waals surface area (Å²) in [7, 11) is 0. The number of aromatic nitrogens is 4. The maximum Gasteiger partial charge on any atom is 0.230 e. The Balaban J connectivity index is 1.66. The van der Waals surface area contributed by atoms with Gasteiger partial charge in [-0.25, -0.2) is 0 Å². The molecule has 0 fully saturated rings. The first-order valence-corrected chi connectivity index (χ1v) is 9.73. The van der Waals surface area contributed by atoms with Crippen molar-refractivity contribution in [1.29, 1.82) is 0 Å². The number of tetrazole rings is 1. The number of thioether (sulfide) groups is 1. The predicted molar refractivity (Wildman–Crippen MR) is 100 cm³/mol. The number of rotatable bonds is 6. The molecule has 0 aliphatic heterocycles. The lowest BCUT2D eigenvalue weighted by atomic mass is 10.1. The number of benzene rings is 1. The van der Waals surface area contributed by atoms with Crippen LogP contribution in [-0.2, 0) is 4.79 Å². The predicted octanol–water partition coefficient (Wildman–Crippen LogP) is 3.31. The van der Waals surface area contributed by atoms with E-state index in [1.165, 1.54) is 17.3 Å². The fraction of sp³-hybridized carbons (Fsp3) is 0.294. The number of thiophene rings is 1. The van der Waals surface area contributed by atoms with Gasteiger partial charge in [0.05, 0.1) is 17.5 Å². The first-order valence-electron chi connectivity index (χ1n) is 7.87. The number of aryl methyl sites for hydroxylation is 1. The summed E-state index contributed by atoms with van der Waals surface area (Å²) in [4.78, 5) is 13.3. The highest BCUT2D eigenvalue weighted by atomic mass is 32.2. The van der Waals surface area contributed by atoms with E-state index in [1.54, 1.807) is 16.0 Å².